The lowest BCUT2D eigenvalue weighted by Gasteiger charge is -2.18. The summed E-state index contributed by atoms with van der Waals surface area (Å²) in [5.41, 5.74) is 0.800. The molecule has 0 saturated carbocycles. The van der Waals surface area contributed by atoms with E-state index < -0.39 is 10.0 Å². The molecule has 0 spiro atoms. The van der Waals surface area contributed by atoms with Gasteiger partial charge in [-0.2, -0.15) is 0 Å². The van der Waals surface area contributed by atoms with Gasteiger partial charge in [0.05, 0.1) is 5.75 Å². The Bertz CT molecular complexity index is 441. The normalized spacial score (nSPS) is 12.0. The molecule has 5 heteroatoms. The van der Waals surface area contributed by atoms with Crippen LogP contribution in [0.1, 0.15) is 19.4 Å². The van der Waals surface area contributed by atoms with Crippen LogP contribution in [0.3, 0.4) is 0 Å². The molecule has 0 amide bonds. The van der Waals surface area contributed by atoms with E-state index in [0.29, 0.717) is 13.1 Å². The van der Waals surface area contributed by atoms with Gasteiger partial charge in [0, 0.05) is 17.6 Å². The zero-order chi connectivity index (χ0) is 12.2. The van der Waals surface area contributed by atoms with Crippen LogP contribution in [0.4, 0.5) is 0 Å². The number of halogens is 1. The molecular weight excluding hydrogens is 290 g/mol. The van der Waals surface area contributed by atoms with Crippen LogP contribution in [0.2, 0.25) is 0 Å². The van der Waals surface area contributed by atoms with Crippen LogP contribution in [0.5, 0.6) is 0 Å². The van der Waals surface area contributed by atoms with Crippen LogP contribution in [0.15, 0.2) is 28.7 Å². The summed E-state index contributed by atoms with van der Waals surface area (Å²) >= 11 is 3.36. The first-order valence-corrected chi connectivity index (χ1v) is 7.62. The third-order valence-electron chi connectivity index (χ3n) is 2.39. The maximum Gasteiger partial charge on any atom is 0.218 e. The van der Waals surface area contributed by atoms with Crippen molar-refractivity contribution in [1.29, 1.82) is 0 Å². The van der Waals surface area contributed by atoms with Crippen molar-refractivity contribution in [2.24, 2.45) is 0 Å². The van der Waals surface area contributed by atoms with Crippen LogP contribution >= 0.6 is 15.9 Å². The summed E-state index contributed by atoms with van der Waals surface area (Å²) < 4.78 is 26.4. The van der Waals surface area contributed by atoms with Gasteiger partial charge >= 0.3 is 0 Å². The molecule has 16 heavy (non-hydrogen) atoms. The molecule has 0 atom stereocenters. The Morgan fingerprint density at radius 2 is 1.75 bits per heavy atom. The van der Waals surface area contributed by atoms with E-state index in [1.165, 1.54) is 4.31 Å². The second-order valence-electron chi connectivity index (χ2n) is 3.43. The fraction of sp³-hybridized carbons (Fsp3) is 0.455. The highest BCUT2D eigenvalue weighted by Gasteiger charge is 2.20. The lowest BCUT2D eigenvalue weighted by Crippen LogP contribution is -2.31. The summed E-state index contributed by atoms with van der Waals surface area (Å²) in [7, 11) is -3.19. The second-order valence-corrected chi connectivity index (χ2v) is 6.26. The van der Waals surface area contributed by atoms with Gasteiger partial charge < -0.3 is 0 Å². The number of hydrogen-bond donors (Lipinski definition) is 0. The molecule has 3 nitrogen and oxygen atoms in total. The van der Waals surface area contributed by atoms with E-state index in [1.54, 1.807) is 0 Å². The highest BCUT2D eigenvalue weighted by atomic mass is 79.9. The molecule has 0 saturated heterocycles. The van der Waals surface area contributed by atoms with E-state index in [-0.39, 0.29) is 5.75 Å². The average molecular weight is 306 g/mol. The summed E-state index contributed by atoms with van der Waals surface area (Å²) in [4.78, 5) is 0. The number of benzene rings is 1. The maximum atomic E-state index is 12.0. The van der Waals surface area contributed by atoms with Gasteiger partial charge in [-0.1, -0.05) is 48.0 Å². The zero-order valence-corrected chi connectivity index (χ0v) is 11.9. The van der Waals surface area contributed by atoms with Crippen LogP contribution in [-0.2, 0) is 15.8 Å². The van der Waals surface area contributed by atoms with Gasteiger partial charge in [0.15, 0.2) is 0 Å². The van der Waals surface area contributed by atoms with Gasteiger partial charge in [0.25, 0.3) is 0 Å². The van der Waals surface area contributed by atoms with Crippen LogP contribution < -0.4 is 0 Å². The predicted molar refractivity (Wildman–Crippen MR) is 69.7 cm³/mol. The molecule has 0 fully saturated rings. The largest absolute Gasteiger partial charge is 0.218 e. The third-order valence-corrected chi connectivity index (χ3v) is 5.15. The van der Waals surface area contributed by atoms with Crippen molar-refractivity contribution in [2.45, 2.75) is 19.6 Å². The fourth-order valence-corrected chi connectivity index (χ4v) is 3.74. The summed E-state index contributed by atoms with van der Waals surface area (Å²) in [6, 6.07) is 7.40. The van der Waals surface area contributed by atoms with Gasteiger partial charge in [-0.05, 0) is 11.6 Å². The average Bonchev–Trinajstić information content (AvgIpc) is 2.22. The van der Waals surface area contributed by atoms with Gasteiger partial charge in [0.2, 0.25) is 10.0 Å². The zero-order valence-electron chi connectivity index (χ0n) is 9.48. The SMILES string of the molecule is CCN(CC)S(=O)(=O)Cc1ccccc1Br. The molecule has 1 aromatic carbocycles. The van der Waals surface area contributed by atoms with Crippen molar-refractivity contribution >= 4 is 26.0 Å². The molecule has 0 unspecified atom stereocenters. The van der Waals surface area contributed by atoms with E-state index >= 15 is 0 Å². The second kappa shape index (κ2) is 5.80. The van der Waals surface area contributed by atoms with Crippen molar-refractivity contribution in [2.75, 3.05) is 13.1 Å². The minimum atomic E-state index is -3.19. The highest BCUT2D eigenvalue weighted by Crippen LogP contribution is 2.19. The molecule has 0 aliphatic heterocycles. The minimum absolute atomic E-state index is 0.0517. The molecule has 1 rings (SSSR count). The molecule has 90 valence electrons. The molecule has 0 bridgehead atoms. The first kappa shape index (κ1) is 13.7. The summed E-state index contributed by atoms with van der Waals surface area (Å²) in [5.74, 6) is 0.0517. The standard InChI is InChI=1S/C11H16BrNO2S/c1-3-13(4-2)16(14,15)9-10-7-5-6-8-11(10)12/h5-8H,3-4,9H2,1-2H3. The molecule has 0 aromatic heterocycles. The Kier molecular flexibility index (Phi) is 4.95. The minimum Gasteiger partial charge on any atom is -0.212 e. The molecule has 0 aliphatic carbocycles. The van der Waals surface area contributed by atoms with Crippen molar-refractivity contribution < 1.29 is 8.42 Å². The third kappa shape index (κ3) is 3.30. The first-order valence-electron chi connectivity index (χ1n) is 5.22. The Hall–Kier alpha value is -0.390. The smallest absolute Gasteiger partial charge is 0.212 e. The van der Waals surface area contributed by atoms with E-state index in [2.05, 4.69) is 15.9 Å². The van der Waals surface area contributed by atoms with Crippen LogP contribution in [0.25, 0.3) is 0 Å². The van der Waals surface area contributed by atoms with Crippen LogP contribution in [-0.4, -0.2) is 25.8 Å². The first-order chi connectivity index (χ1) is 7.51. The van der Waals surface area contributed by atoms with E-state index in [9.17, 15) is 8.42 Å². The van der Waals surface area contributed by atoms with Crippen molar-refractivity contribution in [3.63, 3.8) is 0 Å². The Balaban J connectivity index is 2.93. The molecule has 0 heterocycles. The quantitative estimate of drug-likeness (QED) is 0.838. The molecule has 0 radical (unpaired) electrons. The molecule has 0 aliphatic rings. The number of hydrogen-bond acceptors (Lipinski definition) is 2. The van der Waals surface area contributed by atoms with Crippen molar-refractivity contribution in [3.8, 4) is 0 Å². The lowest BCUT2D eigenvalue weighted by molar-refractivity contribution is 0.444. The van der Waals surface area contributed by atoms with Gasteiger partial charge in [0.1, 0.15) is 0 Å². The maximum absolute atomic E-state index is 12.0. The van der Waals surface area contributed by atoms with Crippen molar-refractivity contribution in [1.82, 2.24) is 4.31 Å². The van der Waals surface area contributed by atoms with Gasteiger partial charge in [-0.3, -0.25) is 0 Å². The van der Waals surface area contributed by atoms with E-state index in [4.69, 9.17) is 0 Å². The van der Waals surface area contributed by atoms with Gasteiger partial charge in [-0.25, -0.2) is 12.7 Å². The number of rotatable bonds is 5. The van der Waals surface area contributed by atoms with Crippen molar-refractivity contribution in [3.05, 3.63) is 34.3 Å². The van der Waals surface area contributed by atoms with E-state index in [0.717, 1.165) is 10.0 Å². The summed E-state index contributed by atoms with van der Waals surface area (Å²) in [6.45, 7) is 4.73. The Morgan fingerprint density at radius 1 is 1.19 bits per heavy atom. The monoisotopic (exact) mass is 305 g/mol. The van der Waals surface area contributed by atoms with Crippen LogP contribution in [0, 0.1) is 0 Å². The number of sulfonamides is 1. The summed E-state index contributed by atoms with van der Waals surface area (Å²) in [5, 5.41) is 0. The highest BCUT2D eigenvalue weighted by molar-refractivity contribution is 9.10. The molecule has 1 aromatic rings. The van der Waals surface area contributed by atoms with Gasteiger partial charge in [-0.15, -0.1) is 0 Å². The lowest BCUT2D eigenvalue weighted by atomic mass is 10.2. The number of nitrogens with zero attached hydrogens (tertiary/aromatic N) is 1. The Labute approximate surface area is 106 Å². The molecule has 0 N–H and O–H groups in total. The van der Waals surface area contributed by atoms with E-state index in [1.807, 2.05) is 38.1 Å². The predicted octanol–water partition coefficient (Wildman–Crippen LogP) is 2.62. The topological polar surface area (TPSA) is 37.4 Å². The Morgan fingerprint density at radius 3 is 2.25 bits per heavy atom. The fourth-order valence-electron chi connectivity index (χ4n) is 1.52. The summed E-state index contributed by atoms with van der Waals surface area (Å²) in [6.07, 6.45) is 0. The molecular formula is C11H16BrNO2S.